The number of guanidine groups is 1. The van der Waals surface area contributed by atoms with Gasteiger partial charge in [-0.15, -0.1) is 24.0 Å². The number of piperazine rings is 1. The highest BCUT2D eigenvalue weighted by Gasteiger charge is 2.32. The summed E-state index contributed by atoms with van der Waals surface area (Å²) in [5, 5.41) is 7.11. The van der Waals surface area contributed by atoms with Crippen molar-refractivity contribution >= 4 is 40.0 Å². The van der Waals surface area contributed by atoms with Crippen molar-refractivity contribution in [3.05, 3.63) is 18.0 Å². The third kappa shape index (κ3) is 5.78. The summed E-state index contributed by atoms with van der Waals surface area (Å²) in [6.07, 6.45) is 2.42. The van der Waals surface area contributed by atoms with Crippen LogP contribution in [0.15, 0.2) is 21.8 Å². The number of ether oxygens (including phenoxy) is 1. The molecule has 0 saturated carbocycles. The molecule has 1 unspecified atom stereocenters. The molecule has 2 saturated heterocycles. The van der Waals surface area contributed by atoms with Crippen molar-refractivity contribution < 1.29 is 17.7 Å². The van der Waals surface area contributed by atoms with Crippen molar-refractivity contribution in [3.63, 3.8) is 0 Å². The molecule has 0 amide bonds. The van der Waals surface area contributed by atoms with Gasteiger partial charge in [-0.05, 0) is 6.42 Å². The lowest BCUT2D eigenvalue weighted by molar-refractivity contribution is 0.160. The van der Waals surface area contributed by atoms with Crippen LogP contribution in [0, 0.1) is 5.41 Å². The summed E-state index contributed by atoms with van der Waals surface area (Å²) in [6, 6.07) is 1.58. The molecule has 0 aliphatic carbocycles. The molecule has 1 N–H and O–H groups in total. The van der Waals surface area contributed by atoms with Gasteiger partial charge in [0.25, 0.3) is 0 Å². The molecule has 2 fully saturated rings. The summed E-state index contributed by atoms with van der Waals surface area (Å²) in [4.78, 5) is 6.45. The van der Waals surface area contributed by atoms with E-state index in [1.54, 1.807) is 13.1 Å². The molecule has 3 rings (SSSR count). The first-order valence-electron chi connectivity index (χ1n) is 8.82. The van der Waals surface area contributed by atoms with Crippen LogP contribution < -0.4 is 5.32 Å². The number of hydrogen-bond acceptors (Lipinski definition) is 6. The third-order valence-corrected chi connectivity index (χ3v) is 6.75. The van der Waals surface area contributed by atoms with E-state index in [0.717, 1.165) is 32.1 Å². The lowest BCUT2D eigenvalue weighted by atomic mass is 9.90. The molecule has 27 heavy (non-hydrogen) atoms. The van der Waals surface area contributed by atoms with E-state index in [0.29, 0.717) is 31.9 Å². The number of nitrogens with one attached hydrogen (secondary N) is 1. The minimum Gasteiger partial charge on any atom is -0.381 e. The van der Waals surface area contributed by atoms with E-state index in [2.05, 4.69) is 27.3 Å². The molecule has 0 radical (unpaired) electrons. The van der Waals surface area contributed by atoms with Crippen LogP contribution in [0.2, 0.25) is 0 Å². The number of rotatable bonds is 5. The molecule has 0 spiro atoms. The van der Waals surface area contributed by atoms with Crippen molar-refractivity contribution in [2.75, 3.05) is 53.0 Å². The molecule has 2 aliphatic heterocycles. The van der Waals surface area contributed by atoms with Gasteiger partial charge in [0.1, 0.15) is 12.0 Å². The maximum absolute atomic E-state index is 12.5. The summed E-state index contributed by atoms with van der Waals surface area (Å²) >= 11 is 0. The molecule has 9 nitrogen and oxygen atoms in total. The second-order valence-corrected chi connectivity index (χ2v) is 9.12. The van der Waals surface area contributed by atoms with E-state index >= 15 is 0 Å². The van der Waals surface area contributed by atoms with Crippen LogP contribution in [0.25, 0.3) is 0 Å². The van der Waals surface area contributed by atoms with E-state index in [4.69, 9.17) is 9.26 Å². The normalized spacial score (nSPS) is 24.7. The first-order chi connectivity index (χ1) is 12.4. The lowest BCUT2D eigenvalue weighted by Gasteiger charge is -2.36. The second kappa shape index (κ2) is 9.52. The van der Waals surface area contributed by atoms with Crippen LogP contribution in [0.4, 0.5) is 0 Å². The maximum Gasteiger partial charge on any atom is 0.220 e. The highest BCUT2D eigenvalue weighted by atomic mass is 127. The molecular formula is C16H28IN5O4S. The Hall–Kier alpha value is -0.920. The Morgan fingerprint density at radius 1 is 1.37 bits per heavy atom. The summed E-state index contributed by atoms with van der Waals surface area (Å²) in [7, 11) is -1.64. The van der Waals surface area contributed by atoms with E-state index in [9.17, 15) is 8.42 Å². The zero-order valence-corrected chi connectivity index (χ0v) is 18.9. The molecule has 3 heterocycles. The summed E-state index contributed by atoms with van der Waals surface area (Å²) in [6.45, 7) is 6.63. The molecule has 154 valence electrons. The molecule has 1 atom stereocenters. The van der Waals surface area contributed by atoms with Crippen LogP contribution in [-0.4, -0.2) is 81.7 Å². The minimum absolute atomic E-state index is 0. The van der Waals surface area contributed by atoms with Crippen LogP contribution in [0.3, 0.4) is 0 Å². The van der Waals surface area contributed by atoms with Gasteiger partial charge in [0, 0.05) is 57.9 Å². The molecule has 11 heteroatoms. The van der Waals surface area contributed by atoms with Crippen LogP contribution >= 0.6 is 24.0 Å². The average Bonchev–Trinajstić information content (AvgIpc) is 3.28. The molecule has 0 aromatic carbocycles. The second-order valence-electron chi connectivity index (χ2n) is 7.15. The van der Waals surface area contributed by atoms with Gasteiger partial charge in [-0.1, -0.05) is 12.1 Å². The Morgan fingerprint density at radius 3 is 2.67 bits per heavy atom. The standard InChI is InChI=1S/C16H27N5O4S.HI/c1-16(4-10-24-13-16)12-18-15(17-2)20-5-7-21(8-6-20)26(22,23)11-14-3-9-25-19-14;/h3,9H,4-8,10-13H2,1-2H3,(H,17,18);1H. The fourth-order valence-corrected chi connectivity index (χ4v) is 4.67. The molecule has 2 aliphatic rings. The van der Waals surface area contributed by atoms with Crippen LogP contribution in [0.1, 0.15) is 19.0 Å². The van der Waals surface area contributed by atoms with Gasteiger partial charge < -0.3 is 19.5 Å². The van der Waals surface area contributed by atoms with Gasteiger partial charge in [-0.2, -0.15) is 4.31 Å². The lowest BCUT2D eigenvalue weighted by Crippen LogP contribution is -2.54. The van der Waals surface area contributed by atoms with Gasteiger partial charge >= 0.3 is 0 Å². The van der Waals surface area contributed by atoms with Crippen LogP contribution in [0.5, 0.6) is 0 Å². The molecule has 1 aromatic heterocycles. The molecule has 0 bridgehead atoms. The quantitative estimate of drug-likeness (QED) is 0.352. The number of halogens is 1. The summed E-state index contributed by atoms with van der Waals surface area (Å²) in [5.74, 6) is 0.682. The van der Waals surface area contributed by atoms with Gasteiger partial charge in [0.2, 0.25) is 10.0 Å². The maximum atomic E-state index is 12.5. The monoisotopic (exact) mass is 513 g/mol. The van der Waals surface area contributed by atoms with E-state index in [-0.39, 0.29) is 35.1 Å². The summed E-state index contributed by atoms with van der Waals surface area (Å²) < 4.78 is 36.7. The van der Waals surface area contributed by atoms with Gasteiger partial charge in [0.15, 0.2) is 5.96 Å². The minimum atomic E-state index is -3.39. The van der Waals surface area contributed by atoms with E-state index in [1.165, 1.54) is 10.6 Å². The smallest absolute Gasteiger partial charge is 0.220 e. The van der Waals surface area contributed by atoms with E-state index < -0.39 is 10.0 Å². The van der Waals surface area contributed by atoms with Gasteiger partial charge in [-0.25, -0.2) is 8.42 Å². The number of aromatic nitrogens is 1. The highest BCUT2D eigenvalue weighted by molar-refractivity contribution is 14.0. The Morgan fingerprint density at radius 2 is 2.11 bits per heavy atom. The van der Waals surface area contributed by atoms with Crippen molar-refractivity contribution in [2.24, 2.45) is 10.4 Å². The van der Waals surface area contributed by atoms with Crippen molar-refractivity contribution in [1.29, 1.82) is 0 Å². The van der Waals surface area contributed by atoms with Gasteiger partial charge in [-0.3, -0.25) is 4.99 Å². The molecular weight excluding hydrogens is 485 g/mol. The fraction of sp³-hybridized carbons (Fsp3) is 0.750. The predicted octanol–water partition coefficient (Wildman–Crippen LogP) is 0.742. The van der Waals surface area contributed by atoms with E-state index in [1.807, 2.05) is 0 Å². The highest BCUT2D eigenvalue weighted by Crippen LogP contribution is 2.26. The van der Waals surface area contributed by atoms with Crippen molar-refractivity contribution in [2.45, 2.75) is 19.1 Å². The third-order valence-electron chi connectivity index (χ3n) is 4.94. The first kappa shape index (κ1) is 22.4. The number of hydrogen-bond donors (Lipinski definition) is 1. The van der Waals surface area contributed by atoms with Crippen LogP contribution in [-0.2, 0) is 20.5 Å². The zero-order valence-electron chi connectivity index (χ0n) is 15.8. The molecule has 1 aromatic rings. The van der Waals surface area contributed by atoms with Crippen molar-refractivity contribution in [1.82, 2.24) is 19.7 Å². The topological polar surface area (TPSA) is 100 Å². The Bertz CT molecular complexity index is 711. The number of nitrogens with zero attached hydrogens (tertiary/aromatic N) is 4. The first-order valence-corrected chi connectivity index (χ1v) is 10.4. The Labute approximate surface area is 177 Å². The summed E-state index contributed by atoms with van der Waals surface area (Å²) in [5.41, 5.74) is 0.551. The number of aliphatic imine (C=N–C) groups is 1. The zero-order chi connectivity index (χ0) is 18.6. The fourth-order valence-electron chi connectivity index (χ4n) is 3.24. The van der Waals surface area contributed by atoms with Crippen molar-refractivity contribution in [3.8, 4) is 0 Å². The van der Waals surface area contributed by atoms with Gasteiger partial charge in [0.05, 0.1) is 12.3 Å². The predicted molar refractivity (Wildman–Crippen MR) is 113 cm³/mol. The number of sulfonamides is 1. The largest absolute Gasteiger partial charge is 0.381 e. The Kier molecular flexibility index (Phi) is 7.89. The average molecular weight is 513 g/mol. The SMILES string of the molecule is CN=C(NCC1(C)CCOC1)N1CCN(S(=O)(=O)Cc2ccon2)CC1.I. The Balaban J connectivity index is 0.00000261.